The lowest BCUT2D eigenvalue weighted by molar-refractivity contribution is -0.138. The monoisotopic (exact) mass is 369 g/mol. The van der Waals surface area contributed by atoms with Gasteiger partial charge in [0.05, 0.1) is 0 Å². The zero-order valence-electron chi connectivity index (χ0n) is 12.7. The Hall–Kier alpha value is -1.20. The fourth-order valence-electron chi connectivity index (χ4n) is 1.43. The van der Waals surface area contributed by atoms with Crippen LogP contribution < -0.4 is 0 Å². The Kier molecular flexibility index (Phi) is 7.05. The van der Waals surface area contributed by atoms with Crippen molar-refractivity contribution in [1.82, 2.24) is 4.98 Å². The van der Waals surface area contributed by atoms with Crippen molar-refractivity contribution in [2.45, 2.75) is 38.1 Å². The topological polar surface area (TPSA) is 39.2 Å². The van der Waals surface area contributed by atoms with Crippen molar-refractivity contribution in [3.63, 3.8) is 0 Å². The number of carbonyl (C=O) groups is 1. The first-order valence-electron chi connectivity index (χ1n) is 6.59. The van der Waals surface area contributed by atoms with E-state index in [1.807, 2.05) is 32.3 Å². The molecule has 1 unspecified atom stereocenters. The molecule has 0 fully saturated rings. The minimum atomic E-state index is -0.318. The molecule has 3 nitrogen and oxygen atoms in total. The van der Waals surface area contributed by atoms with E-state index in [9.17, 15) is 4.79 Å². The van der Waals surface area contributed by atoms with Gasteiger partial charge >= 0.3 is 0 Å². The Morgan fingerprint density at radius 1 is 1.38 bits per heavy atom. The number of hydrogen-bond donors (Lipinski definition) is 0. The fourth-order valence-corrected chi connectivity index (χ4v) is 2.35. The Morgan fingerprint density at radius 2 is 2.10 bits per heavy atom. The van der Waals surface area contributed by atoms with E-state index in [4.69, 9.17) is 0 Å². The van der Waals surface area contributed by atoms with Crippen LogP contribution in [0.4, 0.5) is 0 Å². The molecule has 0 saturated carbocycles. The highest BCUT2D eigenvalue weighted by Crippen LogP contribution is 2.27. The number of carbonyl (C=O) groups excluding carboxylic acids is 1. The van der Waals surface area contributed by atoms with Crippen LogP contribution in [-0.4, -0.2) is 17.1 Å². The van der Waals surface area contributed by atoms with Gasteiger partial charge in [0.15, 0.2) is 0 Å². The van der Waals surface area contributed by atoms with E-state index < -0.39 is 0 Å². The van der Waals surface area contributed by atoms with E-state index in [-0.39, 0.29) is 5.60 Å². The number of alkyl halides is 1. The van der Waals surface area contributed by atoms with Gasteiger partial charge in [0, 0.05) is 22.0 Å². The summed E-state index contributed by atoms with van der Waals surface area (Å²) in [4.78, 5) is 14.3. The van der Waals surface area contributed by atoms with Gasteiger partial charge in [0.2, 0.25) is 0 Å². The normalized spacial score (nSPS) is 12.0. The third kappa shape index (κ3) is 6.87. The van der Waals surface area contributed by atoms with Gasteiger partial charge < -0.3 is 4.74 Å². The molecule has 114 valence electrons. The van der Waals surface area contributed by atoms with Crippen LogP contribution in [0.5, 0.6) is 0 Å². The fraction of sp³-hybridized carbons (Fsp3) is 0.375. The number of hydrogen-bond acceptors (Lipinski definition) is 4. The van der Waals surface area contributed by atoms with Crippen molar-refractivity contribution in [3.05, 3.63) is 41.4 Å². The first kappa shape index (κ1) is 17.9. The first-order chi connectivity index (χ1) is 9.83. The number of halogens is 1. The Morgan fingerprint density at radius 3 is 2.52 bits per heavy atom. The van der Waals surface area contributed by atoms with Gasteiger partial charge in [-0.05, 0) is 39.3 Å². The molecular weight excluding hydrogens is 350 g/mol. The lowest BCUT2D eigenvalue weighted by atomic mass is 10.1. The number of aromatic nitrogens is 1. The first-order valence-corrected chi connectivity index (χ1v) is 8.38. The highest BCUT2D eigenvalue weighted by Gasteiger charge is 2.07. The van der Waals surface area contributed by atoms with Crippen molar-refractivity contribution >= 4 is 33.7 Å². The molecule has 2 aromatic rings. The maximum Gasteiger partial charge on any atom is 0.293 e. The number of nitrogens with zero attached hydrogens (tertiary/aromatic N) is 1. The van der Waals surface area contributed by atoms with Gasteiger partial charge in [-0.2, -0.15) is 0 Å². The Labute approximate surface area is 138 Å². The summed E-state index contributed by atoms with van der Waals surface area (Å²) in [5.74, 6) is 0. The van der Waals surface area contributed by atoms with E-state index in [1.165, 1.54) is 11.1 Å². The van der Waals surface area contributed by atoms with Crippen LogP contribution in [0.25, 0.3) is 10.6 Å². The summed E-state index contributed by atoms with van der Waals surface area (Å²) in [6.07, 6.45) is 1.84. The van der Waals surface area contributed by atoms with Gasteiger partial charge in [0.1, 0.15) is 10.6 Å². The molecule has 0 N–H and O–H groups in total. The molecule has 0 aliphatic heterocycles. The SMILES string of the molecule is CC(Br)c1cccc(-c2nccs2)c1.CC(C)(C)OC=O. The van der Waals surface area contributed by atoms with Crippen molar-refractivity contribution in [2.75, 3.05) is 0 Å². The summed E-state index contributed by atoms with van der Waals surface area (Å²) in [6, 6.07) is 8.47. The molecule has 0 saturated heterocycles. The smallest absolute Gasteiger partial charge is 0.293 e. The van der Waals surface area contributed by atoms with Gasteiger partial charge in [-0.1, -0.05) is 34.1 Å². The van der Waals surface area contributed by atoms with Crippen LogP contribution in [0.1, 0.15) is 38.1 Å². The minimum Gasteiger partial charge on any atom is -0.462 e. The van der Waals surface area contributed by atoms with Crippen LogP contribution in [0.3, 0.4) is 0 Å². The predicted octanol–water partition coefficient (Wildman–Crippen LogP) is 5.22. The highest BCUT2D eigenvalue weighted by atomic mass is 79.9. The molecular formula is C16H20BrNO2S. The molecule has 0 radical (unpaired) electrons. The van der Waals surface area contributed by atoms with E-state index in [0.29, 0.717) is 11.3 Å². The summed E-state index contributed by atoms with van der Waals surface area (Å²) in [7, 11) is 0. The van der Waals surface area contributed by atoms with Crippen molar-refractivity contribution in [2.24, 2.45) is 0 Å². The molecule has 2 rings (SSSR count). The molecule has 0 aliphatic carbocycles. The van der Waals surface area contributed by atoms with Crippen molar-refractivity contribution in [1.29, 1.82) is 0 Å². The van der Waals surface area contributed by atoms with Crippen molar-refractivity contribution < 1.29 is 9.53 Å². The molecule has 1 atom stereocenters. The third-order valence-corrected chi connectivity index (χ3v) is 3.78. The van der Waals surface area contributed by atoms with E-state index in [1.54, 1.807) is 11.3 Å². The summed E-state index contributed by atoms with van der Waals surface area (Å²) >= 11 is 5.23. The maximum absolute atomic E-state index is 9.60. The molecule has 21 heavy (non-hydrogen) atoms. The lowest BCUT2D eigenvalue weighted by Gasteiger charge is -2.14. The summed E-state index contributed by atoms with van der Waals surface area (Å²) in [5.41, 5.74) is 2.17. The zero-order chi connectivity index (χ0) is 15.9. The van der Waals surface area contributed by atoms with Crippen LogP contribution >= 0.6 is 27.3 Å². The minimum absolute atomic E-state index is 0.318. The van der Waals surface area contributed by atoms with Crippen molar-refractivity contribution in [3.8, 4) is 10.6 Å². The zero-order valence-corrected chi connectivity index (χ0v) is 15.1. The Bertz CT molecular complexity index is 548. The molecule has 0 spiro atoms. The second-order valence-corrected chi connectivity index (χ2v) is 7.67. The maximum atomic E-state index is 9.60. The molecule has 0 bridgehead atoms. The molecule has 0 amide bonds. The molecule has 5 heteroatoms. The number of benzene rings is 1. The highest BCUT2D eigenvalue weighted by molar-refractivity contribution is 9.09. The lowest BCUT2D eigenvalue weighted by Crippen LogP contribution is -2.17. The quantitative estimate of drug-likeness (QED) is 0.549. The second-order valence-electron chi connectivity index (χ2n) is 5.41. The van der Waals surface area contributed by atoms with Crippen LogP contribution in [0.2, 0.25) is 0 Å². The van der Waals surface area contributed by atoms with Crippen LogP contribution in [0.15, 0.2) is 35.8 Å². The van der Waals surface area contributed by atoms with E-state index in [2.05, 4.69) is 56.8 Å². The largest absolute Gasteiger partial charge is 0.462 e. The number of thiazole rings is 1. The standard InChI is InChI=1S/C11H10BrNS.C5H10O2/c1-8(12)9-3-2-4-10(7-9)11-13-5-6-14-11;1-5(2,3)7-4-6/h2-8H,1H3;4H,1-3H3. The van der Waals surface area contributed by atoms with Crippen LogP contribution in [-0.2, 0) is 9.53 Å². The average Bonchev–Trinajstić information content (AvgIpc) is 2.92. The summed E-state index contributed by atoms with van der Waals surface area (Å²) in [6.45, 7) is 8.05. The summed E-state index contributed by atoms with van der Waals surface area (Å²) < 4.78 is 4.55. The summed E-state index contributed by atoms with van der Waals surface area (Å²) in [5, 5.41) is 3.08. The molecule has 0 aliphatic rings. The second kappa shape index (κ2) is 8.29. The molecule has 1 aromatic carbocycles. The van der Waals surface area contributed by atoms with Gasteiger partial charge in [-0.3, -0.25) is 4.79 Å². The predicted molar refractivity (Wildman–Crippen MR) is 91.8 cm³/mol. The number of rotatable bonds is 3. The molecule has 1 aromatic heterocycles. The van der Waals surface area contributed by atoms with E-state index in [0.717, 1.165) is 5.01 Å². The van der Waals surface area contributed by atoms with Crippen LogP contribution in [0, 0.1) is 0 Å². The van der Waals surface area contributed by atoms with Gasteiger partial charge in [-0.25, -0.2) is 4.98 Å². The third-order valence-electron chi connectivity index (χ3n) is 2.43. The Balaban J connectivity index is 0.000000270. The van der Waals surface area contributed by atoms with E-state index >= 15 is 0 Å². The number of ether oxygens (including phenoxy) is 1. The average molecular weight is 370 g/mol. The van der Waals surface area contributed by atoms with Gasteiger partial charge in [0.25, 0.3) is 6.47 Å². The van der Waals surface area contributed by atoms with Gasteiger partial charge in [-0.15, -0.1) is 11.3 Å². The molecule has 1 heterocycles.